The third-order valence-electron chi connectivity index (χ3n) is 3.89. The van der Waals surface area contributed by atoms with Gasteiger partial charge in [0.15, 0.2) is 0 Å². The van der Waals surface area contributed by atoms with Crippen LogP contribution in [0.15, 0.2) is 60.9 Å². The molecule has 0 spiro atoms. The molecule has 3 rings (SSSR count). The van der Waals surface area contributed by atoms with Crippen LogP contribution in [0.4, 0.5) is 0 Å². The van der Waals surface area contributed by atoms with Gasteiger partial charge in [-0.1, -0.05) is 35.3 Å². The van der Waals surface area contributed by atoms with Crippen molar-refractivity contribution in [3.63, 3.8) is 0 Å². The van der Waals surface area contributed by atoms with Gasteiger partial charge in [-0.15, -0.1) is 0 Å². The summed E-state index contributed by atoms with van der Waals surface area (Å²) in [6.45, 7) is 0.898. The Balaban J connectivity index is 1.37. The van der Waals surface area contributed by atoms with Crippen molar-refractivity contribution in [2.75, 3.05) is 6.61 Å². The number of carbonyl (C=O) groups is 1. The minimum Gasteiger partial charge on any atom is -0.492 e. The minimum absolute atomic E-state index is 0.0167. The number of ether oxygens (including phenoxy) is 1. The van der Waals surface area contributed by atoms with Crippen molar-refractivity contribution in [2.45, 2.75) is 19.4 Å². The molecule has 1 aromatic heterocycles. The first-order valence-electron chi connectivity index (χ1n) is 8.55. The van der Waals surface area contributed by atoms with Gasteiger partial charge in [0.2, 0.25) is 5.91 Å². The third kappa shape index (κ3) is 5.74. The second-order valence-corrected chi connectivity index (χ2v) is 6.76. The van der Waals surface area contributed by atoms with Gasteiger partial charge in [-0.25, -0.2) is 4.68 Å². The van der Waals surface area contributed by atoms with Crippen LogP contribution in [0.2, 0.25) is 10.0 Å². The van der Waals surface area contributed by atoms with Crippen molar-refractivity contribution in [2.24, 2.45) is 0 Å². The molecule has 1 heterocycles. The molecule has 0 radical (unpaired) electrons. The summed E-state index contributed by atoms with van der Waals surface area (Å²) in [5.74, 6) is 0.552. The highest BCUT2D eigenvalue weighted by Crippen LogP contribution is 2.27. The zero-order valence-corrected chi connectivity index (χ0v) is 16.1. The minimum atomic E-state index is -0.0167. The highest BCUT2D eigenvalue weighted by atomic mass is 35.5. The monoisotopic (exact) mass is 403 g/mol. The van der Waals surface area contributed by atoms with Crippen molar-refractivity contribution in [1.82, 2.24) is 15.1 Å². The van der Waals surface area contributed by atoms with Crippen LogP contribution in [0.5, 0.6) is 5.75 Å². The molecule has 0 aliphatic carbocycles. The molecule has 0 aliphatic heterocycles. The lowest BCUT2D eigenvalue weighted by molar-refractivity contribution is -0.121. The van der Waals surface area contributed by atoms with Gasteiger partial charge >= 0.3 is 0 Å². The third-order valence-corrected chi connectivity index (χ3v) is 4.43. The first kappa shape index (κ1) is 19.3. The molecule has 3 aromatic rings. The molecular formula is C20H19Cl2N3O2. The first-order valence-corrected chi connectivity index (χ1v) is 9.31. The van der Waals surface area contributed by atoms with Crippen LogP contribution in [0.3, 0.4) is 0 Å². The van der Waals surface area contributed by atoms with E-state index in [1.165, 1.54) is 0 Å². The number of hydrogen-bond donors (Lipinski definition) is 1. The lowest BCUT2D eigenvalue weighted by Gasteiger charge is -2.09. The summed E-state index contributed by atoms with van der Waals surface area (Å²) in [7, 11) is 0. The van der Waals surface area contributed by atoms with Crippen LogP contribution in [-0.2, 0) is 11.3 Å². The smallest absolute Gasteiger partial charge is 0.220 e. The molecular weight excluding hydrogens is 385 g/mol. The molecule has 27 heavy (non-hydrogen) atoms. The number of rotatable bonds is 8. The second-order valence-electron chi connectivity index (χ2n) is 5.92. The molecule has 0 fully saturated rings. The van der Waals surface area contributed by atoms with Crippen molar-refractivity contribution in [1.29, 1.82) is 0 Å². The van der Waals surface area contributed by atoms with E-state index in [1.807, 2.05) is 36.5 Å². The van der Waals surface area contributed by atoms with Gasteiger partial charge in [0.25, 0.3) is 0 Å². The summed E-state index contributed by atoms with van der Waals surface area (Å²) < 4.78 is 7.36. The van der Waals surface area contributed by atoms with E-state index in [9.17, 15) is 4.79 Å². The van der Waals surface area contributed by atoms with Gasteiger partial charge in [-0.2, -0.15) is 5.10 Å². The fraction of sp³-hybridized carbons (Fsp3) is 0.200. The fourth-order valence-electron chi connectivity index (χ4n) is 2.48. The molecule has 140 valence electrons. The summed E-state index contributed by atoms with van der Waals surface area (Å²) in [6.07, 6.45) is 4.61. The van der Waals surface area contributed by atoms with Gasteiger partial charge in [-0.3, -0.25) is 4.79 Å². The zero-order chi connectivity index (χ0) is 19.1. The number of benzene rings is 2. The maximum absolute atomic E-state index is 12.0. The summed E-state index contributed by atoms with van der Waals surface area (Å²) in [4.78, 5) is 12.0. The van der Waals surface area contributed by atoms with Gasteiger partial charge in [0.1, 0.15) is 5.75 Å². The summed E-state index contributed by atoms with van der Waals surface area (Å²) in [5, 5.41) is 8.12. The van der Waals surface area contributed by atoms with Crippen molar-refractivity contribution >= 4 is 29.1 Å². The number of halogens is 2. The summed E-state index contributed by atoms with van der Waals surface area (Å²) >= 11 is 11.9. The van der Waals surface area contributed by atoms with E-state index < -0.39 is 0 Å². The molecule has 0 bridgehead atoms. The number of nitrogens with zero attached hydrogens (tertiary/aromatic N) is 2. The Morgan fingerprint density at radius 1 is 1.15 bits per heavy atom. The SMILES string of the molecule is O=C(CCCOc1ccc(Cl)cc1Cl)NCc1ccc(-n2cccn2)cc1. The molecule has 1 N–H and O–H groups in total. The van der Waals surface area contributed by atoms with E-state index in [2.05, 4.69) is 10.4 Å². The summed E-state index contributed by atoms with van der Waals surface area (Å²) in [5.41, 5.74) is 2.01. The standard InChI is InChI=1S/C20H19Cl2N3O2/c21-16-6-9-19(18(22)13-16)27-12-1-3-20(26)23-14-15-4-7-17(8-5-15)25-11-2-10-24-25/h2,4-11,13H,1,3,12,14H2,(H,23,26). The maximum atomic E-state index is 12.0. The lowest BCUT2D eigenvalue weighted by atomic mass is 10.2. The molecule has 0 saturated carbocycles. The van der Waals surface area contributed by atoms with Gasteiger partial charge in [-0.05, 0) is 48.4 Å². The maximum Gasteiger partial charge on any atom is 0.220 e. The molecule has 0 unspecified atom stereocenters. The van der Waals surface area contributed by atoms with Crippen molar-refractivity contribution in [3.8, 4) is 11.4 Å². The normalized spacial score (nSPS) is 10.6. The van der Waals surface area contributed by atoms with Crippen LogP contribution in [0, 0.1) is 0 Å². The molecule has 7 heteroatoms. The number of nitrogens with one attached hydrogen (secondary N) is 1. The predicted octanol–water partition coefficient (Wildman–Crippen LogP) is 4.65. The van der Waals surface area contributed by atoms with E-state index in [0.29, 0.717) is 41.8 Å². The Morgan fingerprint density at radius 2 is 1.96 bits per heavy atom. The zero-order valence-electron chi connectivity index (χ0n) is 14.6. The van der Waals surface area contributed by atoms with E-state index >= 15 is 0 Å². The van der Waals surface area contributed by atoms with E-state index in [1.54, 1.807) is 29.1 Å². The number of amides is 1. The summed E-state index contributed by atoms with van der Waals surface area (Å²) in [6, 6.07) is 14.8. The number of aromatic nitrogens is 2. The first-order chi connectivity index (χ1) is 13.1. The topological polar surface area (TPSA) is 56.1 Å². The van der Waals surface area contributed by atoms with Crippen LogP contribution >= 0.6 is 23.2 Å². The van der Waals surface area contributed by atoms with E-state index in [0.717, 1.165) is 11.3 Å². The molecule has 5 nitrogen and oxygen atoms in total. The van der Waals surface area contributed by atoms with Crippen molar-refractivity contribution < 1.29 is 9.53 Å². The fourth-order valence-corrected chi connectivity index (χ4v) is 2.95. The molecule has 0 atom stereocenters. The van der Waals surface area contributed by atoms with Gasteiger partial charge in [0.05, 0.1) is 17.3 Å². The van der Waals surface area contributed by atoms with E-state index in [4.69, 9.17) is 27.9 Å². The number of carbonyl (C=O) groups excluding carboxylic acids is 1. The van der Waals surface area contributed by atoms with Crippen molar-refractivity contribution in [3.05, 3.63) is 76.5 Å². The van der Waals surface area contributed by atoms with Crippen LogP contribution in [0.1, 0.15) is 18.4 Å². The highest BCUT2D eigenvalue weighted by molar-refractivity contribution is 6.35. The largest absolute Gasteiger partial charge is 0.492 e. The second kappa shape index (κ2) is 9.44. The lowest BCUT2D eigenvalue weighted by Crippen LogP contribution is -2.23. The molecule has 0 saturated heterocycles. The average Bonchev–Trinajstić information content (AvgIpc) is 3.20. The van der Waals surface area contributed by atoms with Crippen LogP contribution in [0.25, 0.3) is 5.69 Å². The Hall–Kier alpha value is -2.50. The van der Waals surface area contributed by atoms with Gasteiger partial charge < -0.3 is 10.1 Å². The van der Waals surface area contributed by atoms with E-state index in [-0.39, 0.29) is 5.91 Å². The Kier molecular flexibility index (Phi) is 6.74. The van der Waals surface area contributed by atoms with Crippen LogP contribution < -0.4 is 10.1 Å². The van der Waals surface area contributed by atoms with Crippen LogP contribution in [-0.4, -0.2) is 22.3 Å². The number of hydrogen-bond acceptors (Lipinski definition) is 3. The average molecular weight is 404 g/mol. The highest BCUT2D eigenvalue weighted by Gasteiger charge is 2.05. The van der Waals surface area contributed by atoms with Gasteiger partial charge in [0, 0.05) is 30.4 Å². The Morgan fingerprint density at radius 3 is 2.67 bits per heavy atom. The Labute approximate surface area is 167 Å². The predicted molar refractivity (Wildman–Crippen MR) is 107 cm³/mol. The molecule has 1 amide bonds. The Bertz CT molecular complexity index is 881. The molecule has 2 aromatic carbocycles. The quantitative estimate of drug-likeness (QED) is 0.556. The molecule has 0 aliphatic rings.